The monoisotopic (exact) mass is 268 g/mol. The van der Waals surface area contributed by atoms with Crippen molar-refractivity contribution >= 4 is 5.91 Å². The van der Waals surface area contributed by atoms with Crippen molar-refractivity contribution < 1.29 is 4.79 Å². The van der Waals surface area contributed by atoms with Gasteiger partial charge < -0.3 is 4.90 Å². The third kappa shape index (κ3) is 3.67. The molecule has 0 fully saturated rings. The van der Waals surface area contributed by atoms with Crippen LogP contribution in [0, 0.1) is 0 Å². The molecule has 2 rings (SSSR count). The average Bonchev–Trinajstić information content (AvgIpc) is 2.53. The first-order valence-electron chi connectivity index (χ1n) is 6.95. The number of hydrogen-bond donors (Lipinski definition) is 0. The standard InChI is InChI=1S/C17H20N2O/c1-3-14-7-6-8-15(13-14)17(20)19(2)12-10-16-9-4-5-11-18-16/h4-9,11,13H,3,10,12H2,1-2H3. The summed E-state index contributed by atoms with van der Waals surface area (Å²) in [5.41, 5.74) is 2.95. The predicted octanol–water partition coefficient (Wildman–Crippen LogP) is 2.96. The molecular formula is C17H20N2O. The van der Waals surface area contributed by atoms with Crippen LogP contribution in [0.1, 0.15) is 28.5 Å². The fraction of sp³-hybridized carbons (Fsp3) is 0.294. The molecule has 0 radical (unpaired) electrons. The number of carbonyl (C=O) groups is 1. The summed E-state index contributed by atoms with van der Waals surface area (Å²) < 4.78 is 0. The zero-order chi connectivity index (χ0) is 14.4. The zero-order valence-corrected chi connectivity index (χ0v) is 12.0. The van der Waals surface area contributed by atoms with Crippen LogP contribution in [0.25, 0.3) is 0 Å². The number of carbonyl (C=O) groups excluding carboxylic acids is 1. The summed E-state index contributed by atoms with van der Waals surface area (Å²) in [7, 11) is 1.84. The van der Waals surface area contributed by atoms with Gasteiger partial charge in [-0.3, -0.25) is 9.78 Å². The second kappa shape index (κ2) is 6.85. The minimum atomic E-state index is 0.0660. The quantitative estimate of drug-likeness (QED) is 0.835. The van der Waals surface area contributed by atoms with Crippen molar-refractivity contribution in [1.82, 2.24) is 9.88 Å². The largest absolute Gasteiger partial charge is 0.341 e. The first kappa shape index (κ1) is 14.3. The van der Waals surface area contributed by atoms with E-state index in [0.717, 1.165) is 24.1 Å². The van der Waals surface area contributed by atoms with Crippen LogP contribution in [0.5, 0.6) is 0 Å². The Hall–Kier alpha value is -2.16. The van der Waals surface area contributed by atoms with Gasteiger partial charge in [0, 0.05) is 37.5 Å². The molecule has 1 heterocycles. The molecular weight excluding hydrogens is 248 g/mol. The first-order valence-corrected chi connectivity index (χ1v) is 6.95. The molecule has 0 aliphatic rings. The van der Waals surface area contributed by atoms with Gasteiger partial charge in [0.15, 0.2) is 0 Å². The highest BCUT2D eigenvalue weighted by Gasteiger charge is 2.11. The summed E-state index contributed by atoms with van der Waals surface area (Å²) in [4.78, 5) is 18.4. The number of benzene rings is 1. The highest BCUT2D eigenvalue weighted by Crippen LogP contribution is 2.09. The van der Waals surface area contributed by atoms with Crippen molar-refractivity contribution in [3.8, 4) is 0 Å². The molecule has 1 aromatic heterocycles. The van der Waals surface area contributed by atoms with Crippen LogP contribution in [-0.4, -0.2) is 29.4 Å². The van der Waals surface area contributed by atoms with Crippen LogP contribution in [0.15, 0.2) is 48.7 Å². The van der Waals surface area contributed by atoms with Gasteiger partial charge in [-0.1, -0.05) is 25.1 Å². The number of nitrogens with zero attached hydrogens (tertiary/aromatic N) is 2. The Balaban J connectivity index is 1.98. The van der Waals surface area contributed by atoms with Crippen molar-refractivity contribution in [3.63, 3.8) is 0 Å². The molecule has 3 heteroatoms. The number of pyridine rings is 1. The Morgan fingerprint density at radius 1 is 1.20 bits per heavy atom. The van der Waals surface area contributed by atoms with E-state index in [-0.39, 0.29) is 5.91 Å². The van der Waals surface area contributed by atoms with Crippen LogP contribution >= 0.6 is 0 Å². The Kier molecular flexibility index (Phi) is 4.88. The van der Waals surface area contributed by atoms with Gasteiger partial charge in [-0.15, -0.1) is 0 Å². The van der Waals surface area contributed by atoms with Gasteiger partial charge in [0.05, 0.1) is 0 Å². The third-order valence-electron chi connectivity index (χ3n) is 3.36. The van der Waals surface area contributed by atoms with Gasteiger partial charge >= 0.3 is 0 Å². The maximum Gasteiger partial charge on any atom is 0.253 e. The van der Waals surface area contributed by atoms with Crippen LogP contribution in [-0.2, 0) is 12.8 Å². The lowest BCUT2D eigenvalue weighted by Gasteiger charge is -2.17. The SMILES string of the molecule is CCc1cccc(C(=O)N(C)CCc2ccccn2)c1. The number of amides is 1. The minimum Gasteiger partial charge on any atom is -0.341 e. The van der Waals surface area contributed by atoms with Gasteiger partial charge in [0.2, 0.25) is 0 Å². The van der Waals surface area contributed by atoms with Crippen LogP contribution in [0.4, 0.5) is 0 Å². The van der Waals surface area contributed by atoms with Crippen molar-refractivity contribution in [2.75, 3.05) is 13.6 Å². The topological polar surface area (TPSA) is 33.2 Å². The number of likely N-dealkylation sites (N-methyl/N-ethyl adjacent to an activating group) is 1. The molecule has 1 amide bonds. The second-order valence-corrected chi connectivity index (χ2v) is 4.85. The van der Waals surface area contributed by atoms with E-state index in [1.807, 2.05) is 49.5 Å². The zero-order valence-electron chi connectivity index (χ0n) is 12.0. The molecule has 20 heavy (non-hydrogen) atoms. The number of rotatable bonds is 5. The highest BCUT2D eigenvalue weighted by molar-refractivity contribution is 5.94. The third-order valence-corrected chi connectivity index (χ3v) is 3.36. The molecule has 0 aliphatic heterocycles. The fourth-order valence-corrected chi connectivity index (χ4v) is 2.07. The van der Waals surface area contributed by atoms with Gasteiger partial charge in [-0.05, 0) is 36.2 Å². The maximum atomic E-state index is 12.3. The molecule has 0 spiro atoms. The predicted molar refractivity (Wildman–Crippen MR) is 80.7 cm³/mol. The normalized spacial score (nSPS) is 10.3. The summed E-state index contributed by atoms with van der Waals surface area (Å²) in [5.74, 6) is 0.0660. The van der Waals surface area contributed by atoms with E-state index >= 15 is 0 Å². The lowest BCUT2D eigenvalue weighted by molar-refractivity contribution is 0.0796. The molecule has 2 aromatic rings. The van der Waals surface area contributed by atoms with E-state index in [1.54, 1.807) is 11.1 Å². The van der Waals surface area contributed by atoms with Crippen LogP contribution < -0.4 is 0 Å². The van der Waals surface area contributed by atoms with Gasteiger partial charge in [0.1, 0.15) is 0 Å². The number of hydrogen-bond acceptors (Lipinski definition) is 2. The first-order chi connectivity index (χ1) is 9.70. The molecule has 0 N–H and O–H groups in total. The van der Waals surface area contributed by atoms with Gasteiger partial charge in [-0.2, -0.15) is 0 Å². The molecule has 0 saturated carbocycles. The highest BCUT2D eigenvalue weighted by atomic mass is 16.2. The van der Waals surface area contributed by atoms with Crippen molar-refractivity contribution in [2.24, 2.45) is 0 Å². The Morgan fingerprint density at radius 2 is 2.05 bits per heavy atom. The van der Waals surface area contributed by atoms with E-state index in [9.17, 15) is 4.79 Å². The second-order valence-electron chi connectivity index (χ2n) is 4.85. The van der Waals surface area contributed by atoms with E-state index in [1.165, 1.54) is 5.56 Å². The summed E-state index contributed by atoms with van der Waals surface area (Å²) in [5, 5.41) is 0. The fourth-order valence-electron chi connectivity index (χ4n) is 2.07. The lowest BCUT2D eigenvalue weighted by Crippen LogP contribution is -2.29. The summed E-state index contributed by atoms with van der Waals surface area (Å²) in [6, 6.07) is 13.7. The summed E-state index contributed by atoms with van der Waals surface area (Å²) in [6.45, 7) is 2.76. The molecule has 0 unspecified atom stereocenters. The van der Waals surface area contributed by atoms with E-state index in [4.69, 9.17) is 0 Å². The molecule has 0 atom stereocenters. The minimum absolute atomic E-state index is 0.0660. The van der Waals surface area contributed by atoms with Gasteiger partial charge in [-0.25, -0.2) is 0 Å². The van der Waals surface area contributed by atoms with Crippen LogP contribution in [0.2, 0.25) is 0 Å². The lowest BCUT2D eigenvalue weighted by atomic mass is 10.1. The van der Waals surface area contributed by atoms with E-state index < -0.39 is 0 Å². The van der Waals surface area contributed by atoms with E-state index in [0.29, 0.717) is 6.54 Å². The number of aromatic nitrogens is 1. The molecule has 3 nitrogen and oxygen atoms in total. The van der Waals surface area contributed by atoms with Crippen molar-refractivity contribution in [1.29, 1.82) is 0 Å². The molecule has 0 bridgehead atoms. The maximum absolute atomic E-state index is 12.3. The summed E-state index contributed by atoms with van der Waals surface area (Å²) >= 11 is 0. The Labute approximate surface area is 120 Å². The molecule has 0 saturated heterocycles. The number of aryl methyl sites for hydroxylation is 1. The van der Waals surface area contributed by atoms with Crippen molar-refractivity contribution in [2.45, 2.75) is 19.8 Å². The Morgan fingerprint density at radius 3 is 2.75 bits per heavy atom. The molecule has 1 aromatic carbocycles. The van der Waals surface area contributed by atoms with Gasteiger partial charge in [0.25, 0.3) is 5.91 Å². The average molecular weight is 268 g/mol. The van der Waals surface area contributed by atoms with Crippen LogP contribution in [0.3, 0.4) is 0 Å². The molecule has 104 valence electrons. The summed E-state index contributed by atoms with van der Waals surface area (Å²) in [6.07, 6.45) is 3.50. The van der Waals surface area contributed by atoms with E-state index in [2.05, 4.69) is 11.9 Å². The molecule has 0 aliphatic carbocycles. The van der Waals surface area contributed by atoms with Crippen molar-refractivity contribution in [3.05, 3.63) is 65.5 Å². The Bertz CT molecular complexity index is 566. The smallest absolute Gasteiger partial charge is 0.253 e.